The number of benzene rings is 1. The lowest BCUT2D eigenvalue weighted by Crippen LogP contribution is -1.98. The third-order valence-electron chi connectivity index (χ3n) is 3.81. The molecule has 1 aromatic carbocycles. The number of anilines is 2. The molecular weight excluding hydrogens is 380 g/mol. The second-order valence-corrected chi connectivity index (χ2v) is 8.44. The lowest BCUT2D eigenvalue weighted by Gasteiger charge is -2.07. The van der Waals surface area contributed by atoms with Crippen molar-refractivity contribution in [3.8, 4) is 17.0 Å². The topological polar surface area (TPSA) is 71.5 Å². The molecule has 0 spiro atoms. The largest absolute Gasteiger partial charge is 0.494 e. The first-order valence-corrected chi connectivity index (χ1v) is 10.5. The van der Waals surface area contributed by atoms with E-state index in [4.69, 9.17) is 9.72 Å². The van der Waals surface area contributed by atoms with Crippen LogP contribution in [0.25, 0.3) is 11.3 Å². The molecule has 2 heterocycles. The lowest BCUT2D eigenvalue weighted by atomic mass is 10.0. The molecule has 0 atom stereocenters. The Kier molecular flexibility index (Phi) is 6.13. The first kappa shape index (κ1) is 19.4. The summed E-state index contributed by atoms with van der Waals surface area (Å²) in [6.07, 6.45) is 0.906. The molecule has 0 radical (unpaired) electrons. The van der Waals surface area contributed by atoms with Crippen LogP contribution in [-0.4, -0.2) is 22.7 Å². The number of nitrogens with zero attached hydrogens (tertiary/aromatic N) is 1. The third-order valence-corrected chi connectivity index (χ3v) is 5.71. The standard InChI is InChI=1S/C20H22N2O3S2/c1-4-25-14-7-5-6-13(11-14)17-16(10-12(2)3)27-20(22-17)21-15-8-9-26-18(15)19(23)24/h5-9,11-12H,4,10H2,1-3H3,(H,21,22)(H,23,24). The molecule has 3 rings (SSSR count). The monoisotopic (exact) mass is 402 g/mol. The van der Waals surface area contributed by atoms with Crippen LogP contribution >= 0.6 is 22.7 Å². The van der Waals surface area contributed by atoms with Gasteiger partial charge in [0, 0.05) is 10.4 Å². The highest BCUT2D eigenvalue weighted by molar-refractivity contribution is 7.16. The predicted octanol–water partition coefficient (Wildman–Crippen LogP) is 5.91. The number of aromatic nitrogens is 1. The van der Waals surface area contributed by atoms with Crippen molar-refractivity contribution in [1.29, 1.82) is 0 Å². The Hall–Kier alpha value is -2.38. The fourth-order valence-corrected chi connectivity index (χ4v) is 4.62. The van der Waals surface area contributed by atoms with Crippen molar-refractivity contribution in [2.75, 3.05) is 11.9 Å². The van der Waals surface area contributed by atoms with E-state index < -0.39 is 5.97 Å². The van der Waals surface area contributed by atoms with Crippen molar-refractivity contribution >= 4 is 39.5 Å². The number of hydrogen-bond donors (Lipinski definition) is 2. The van der Waals surface area contributed by atoms with Gasteiger partial charge in [-0.15, -0.1) is 22.7 Å². The Bertz CT molecular complexity index is 931. The second-order valence-electron chi connectivity index (χ2n) is 6.44. The van der Waals surface area contributed by atoms with Gasteiger partial charge in [0.2, 0.25) is 0 Å². The van der Waals surface area contributed by atoms with Gasteiger partial charge in [-0.3, -0.25) is 0 Å². The average Bonchev–Trinajstić information content (AvgIpc) is 3.22. The normalized spacial score (nSPS) is 11.0. The Morgan fingerprint density at radius 1 is 1.33 bits per heavy atom. The summed E-state index contributed by atoms with van der Waals surface area (Å²) in [5.41, 5.74) is 2.50. The predicted molar refractivity (Wildman–Crippen MR) is 112 cm³/mol. The van der Waals surface area contributed by atoms with Crippen molar-refractivity contribution in [1.82, 2.24) is 4.98 Å². The highest BCUT2D eigenvalue weighted by Crippen LogP contribution is 2.36. The van der Waals surface area contributed by atoms with Gasteiger partial charge in [-0.05, 0) is 42.8 Å². The van der Waals surface area contributed by atoms with E-state index in [-0.39, 0.29) is 4.88 Å². The van der Waals surface area contributed by atoms with Crippen LogP contribution in [0.15, 0.2) is 35.7 Å². The minimum Gasteiger partial charge on any atom is -0.494 e. The molecular formula is C20H22N2O3S2. The molecule has 2 N–H and O–H groups in total. The molecule has 0 aliphatic heterocycles. The number of thiophene rings is 1. The van der Waals surface area contributed by atoms with Crippen molar-refractivity contribution in [2.24, 2.45) is 5.92 Å². The fraction of sp³-hybridized carbons (Fsp3) is 0.300. The summed E-state index contributed by atoms with van der Waals surface area (Å²) in [6, 6.07) is 9.70. The van der Waals surface area contributed by atoms with Crippen molar-refractivity contribution in [3.63, 3.8) is 0 Å². The van der Waals surface area contributed by atoms with Gasteiger partial charge in [0.1, 0.15) is 10.6 Å². The van der Waals surface area contributed by atoms with Gasteiger partial charge in [-0.25, -0.2) is 9.78 Å². The number of carboxylic acids is 1. The fourth-order valence-electron chi connectivity index (χ4n) is 2.73. The smallest absolute Gasteiger partial charge is 0.348 e. The number of nitrogens with one attached hydrogen (secondary N) is 1. The molecule has 142 valence electrons. The zero-order chi connectivity index (χ0) is 19.4. The maximum absolute atomic E-state index is 11.4. The number of rotatable bonds is 8. The number of thiazole rings is 1. The summed E-state index contributed by atoms with van der Waals surface area (Å²) in [5, 5.41) is 15.0. The van der Waals surface area contributed by atoms with Crippen LogP contribution in [0.4, 0.5) is 10.8 Å². The maximum Gasteiger partial charge on any atom is 0.348 e. The van der Waals surface area contributed by atoms with Gasteiger partial charge in [0.05, 0.1) is 18.0 Å². The molecule has 0 aliphatic rings. The quantitative estimate of drug-likeness (QED) is 0.490. The van der Waals surface area contributed by atoms with Gasteiger partial charge in [-0.1, -0.05) is 26.0 Å². The Morgan fingerprint density at radius 2 is 2.15 bits per heavy atom. The molecule has 27 heavy (non-hydrogen) atoms. The first-order chi connectivity index (χ1) is 13.0. The van der Waals surface area contributed by atoms with E-state index in [1.54, 1.807) is 22.8 Å². The summed E-state index contributed by atoms with van der Waals surface area (Å²) in [4.78, 5) is 17.6. The van der Waals surface area contributed by atoms with E-state index >= 15 is 0 Å². The number of aromatic carboxylic acids is 1. The third kappa shape index (κ3) is 4.67. The lowest BCUT2D eigenvalue weighted by molar-refractivity contribution is 0.0703. The van der Waals surface area contributed by atoms with Gasteiger partial charge in [0.15, 0.2) is 5.13 Å². The van der Waals surface area contributed by atoms with Crippen LogP contribution in [0.3, 0.4) is 0 Å². The van der Waals surface area contributed by atoms with Gasteiger partial charge < -0.3 is 15.2 Å². The van der Waals surface area contributed by atoms with E-state index in [1.807, 2.05) is 31.2 Å². The summed E-state index contributed by atoms with van der Waals surface area (Å²) >= 11 is 2.77. The van der Waals surface area contributed by atoms with Crippen LogP contribution in [-0.2, 0) is 6.42 Å². The molecule has 5 nitrogen and oxygen atoms in total. The number of ether oxygens (including phenoxy) is 1. The Labute approximate surface area is 166 Å². The summed E-state index contributed by atoms with van der Waals surface area (Å²) < 4.78 is 5.62. The van der Waals surface area contributed by atoms with Crippen molar-refractivity contribution in [3.05, 3.63) is 45.5 Å². The summed E-state index contributed by atoms with van der Waals surface area (Å²) in [6.45, 7) is 6.92. The van der Waals surface area contributed by atoms with Gasteiger partial charge in [0.25, 0.3) is 0 Å². The minimum absolute atomic E-state index is 0.288. The van der Waals surface area contributed by atoms with Gasteiger partial charge in [-0.2, -0.15) is 0 Å². The molecule has 3 aromatic rings. The maximum atomic E-state index is 11.4. The summed E-state index contributed by atoms with van der Waals surface area (Å²) in [5.74, 6) is 0.373. The Morgan fingerprint density at radius 3 is 2.85 bits per heavy atom. The van der Waals surface area contributed by atoms with E-state index in [0.29, 0.717) is 23.3 Å². The molecule has 0 saturated heterocycles. The molecule has 2 aromatic heterocycles. The SMILES string of the molecule is CCOc1cccc(-c2nc(Nc3ccsc3C(=O)O)sc2CC(C)C)c1. The molecule has 0 bridgehead atoms. The van der Waals surface area contributed by atoms with Crippen molar-refractivity contribution in [2.45, 2.75) is 27.2 Å². The molecule has 0 fully saturated rings. The van der Waals surface area contributed by atoms with Crippen LogP contribution in [0, 0.1) is 5.92 Å². The van der Waals surface area contributed by atoms with E-state index in [9.17, 15) is 9.90 Å². The van der Waals surface area contributed by atoms with E-state index in [1.165, 1.54) is 16.2 Å². The second kappa shape index (κ2) is 8.54. The number of carboxylic acid groups (broad SMARTS) is 1. The molecule has 7 heteroatoms. The zero-order valence-electron chi connectivity index (χ0n) is 15.5. The Balaban J connectivity index is 1.97. The molecule has 0 aliphatic carbocycles. The minimum atomic E-state index is -0.934. The van der Waals surface area contributed by atoms with Crippen LogP contribution < -0.4 is 10.1 Å². The highest BCUT2D eigenvalue weighted by Gasteiger charge is 2.18. The van der Waals surface area contributed by atoms with Crippen LogP contribution in [0.1, 0.15) is 35.3 Å². The van der Waals surface area contributed by atoms with Crippen LogP contribution in [0.2, 0.25) is 0 Å². The number of carbonyl (C=O) groups is 1. The van der Waals surface area contributed by atoms with E-state index in [2.05, 4.69) is 19.2 Å². The number of hydrogen-bond acceptors (Lipinski definition) is 6. The zero-order valence-corrected chi connectivity index (χ0v) is 17.1. The van der Waals surface area contributed by atoms with E-state index in [0.717, 1.165) is 23.4 Å². The average molecular weight is 403 g/mol. The summed E-state index contributed by atoms with van der Waals surface area (Å²) in [7, 11) is 0. The first-order valence-electron chi connectivity index (χ1n) is 8.78. The van der Waals surface area contributed by atoms with Crippen molar-refractivity contribution < 1.29 is 14.6 Å². The van der Waals surface area contributed by atoms with Gasteiger partial charge >= 0.3 is 5.97 Å². The highest BCUT2D eigenvalue weighted by atomic mass is 32.1. The molecule has 0 amide bonds. The molecule has 0 saturated carbocycles. The molecule has 0 unspecified atom stereocenters. The van der Waals surface area contributed by atoms with Crippen LogP contribution in [0.5, 0.6) is 5.75 Å².